The molecule has 0 unspecified atom stereocenters. The predicted octanol–water partition coefficient (Wildman–Crippen LogP) is 3.07. The molecule has 0 fully saturated rings. The first-order valence-electron chi connectivity index (χ1n) is 5.77. The molecule has 0 aliphatic heterocycles. The molecule has 0 bridgehead atoms. The topological polar surface area (TPSA) is 22.0 Å². The van der Waals surface area contributed by atoms with Gasteiger partial charge in [0, 0.05) is 18.0 Å². The van der Waals surface area contributed by atoms with Gasteiger partial charge >= 0.3 is 0 Å². The Morgan fingerprint density at radius 1 is 1.31 bits per heavy atom. The van der Waals surface area contributed by atoms with Crippen LogP contribution in [0.4, 0.5) is 0 Å². The zero-order valence-corrected chi connectivity index (χ0v) is 9.81. The van der Waals surface area contributed by atoms with E-state index in [-0.39, 0.29) is 5.56 Å². The average Bonchev–Trinajstić information content (AvgIpc) is 2.30. The van der Waals surface area contributed by atoms with E-state index in [1.54, 1.807) is 16.7 Å². The summed E-state index contributed by atoms with van der Waals surface area (Å²) in [6, 6.07) is 5.26. The number of nitrogens with zero attached hydrogens (tertiary/aromatic N) is 1. The highest BCUT2D eigenvalue weighted by Gasteiger charge is 2.10. The summed E-state index contributed by atoms with van der Waals surface area (Å²) in [6.07, 6.45) is 8.25. The van der Waals surface area contributed by atoms with Crippen LogP contribution in [-0.2, 0) is 0 Å². The Balaban J connectivity index is 2.40. The maximum Gasteiger partial charge on any atom is 0.255 e. The fraction of sp³-hybridized carbons (Fsp3) is 0.357. The van der Waals surface area contributed by atoms with E-state index < -0.39 is 0 Å². The molecule has 0 aromatic carbocycles. The van der Waals surface area contributed by atoms with E-state index in [0.29, 0.717) is 5.92 Å². The Labute approximate surface area is 95.9 Å². The molecule has 1 aromatic heterocycles. The Morgan fingerprint density at radius 3 is 2.81 bits per heavy atom. The SMILES string of the molecule is CC(C)C1=CC(n2ccccc2=O)=CCC1. The van der Waals surface area contributed by atoms with E-state index in [0.717, 1.165) is 18.5 Å². The van der Waals surface area contributed by atoms with E-state index in [4.69, 9.17) is 0 Å². The minimum absolute atomic E-state index is 0.0370. The Bertz CT molecular complexity index is 491. The summed E-state index contributed by atoms with van der Waals surface area (Å²) in [5, 5.41) is 0. The van der Waals surface area contributed by atoms with Gasteiger partial charge in [0.05, 0.1) is 0 Å². The second-order valence-electron chi connectivity index (χ2n) is 4.45. The molecule has 1 aromatic rings. The molecule has 0 radical (unpaired) electrons. The number of pyridine rings is 1. The van der Waals surface area contributed by atoms with Crippen molar-refractivity contribution >= 4 is 5.70 Å². The number of hydrogen-bond donors (Lipinski definition) is 0. The number of hydrogen-bond acceptors (Lipinski definition) is 1. The number of aromatic nitrogens is 1. The van der Waals surface area contributed by atoms with Crippen molar-refractivity contribution in [3.8, 4) is 0 Å². The van der Waals surface area contributed by atoms with Gasteiger partial charge in [-0.15, -0.1) is 0 Å². The van der Waals surface area contributed by atoms with Gasteiger partial charge in [0.15, 0.2) is 0 Å². The molecule has 0 saturated heterocycles. The molecular weight excluding hydrogens is 198 g/mol. The summed E-state index contributed by atoms with van der Waals surface area (Å²) in [7, 11) is 0. The molecule has 1 aliphatic rings. The van der Waals surface area contributed by atoms with Crippen LogP contribution in [0.15, 0.2) is 46.9 Å². The normalized spacial score (nSPS) is 15.9. The van der Waals surface area contributed by atoms with Crippen molar-refractivity contribution in [3.05, 3.63) is 52.5 Å². The van der Waals surface area contributed by atoms with Crippen LogP contribution >= 0.6 is 0 Å². The lowest BCUT2D eigenvalue weighted by Gasteiger charge is -2.17. The summed E-state index contributed by atoms with van der Waals surface area (Å²) in [6.45, 7) is 4.39. The van der Waals surface area contributed by atoms with Crippen molar-refractivity contribution < 1.29 is 0 Å². The average molecular weight is 215 g/mol. The molecule has 16 heavy (non-hydrogen) atoms. The lowest BCUT2D eigenvalue weighted by molar-refractivity contribution is 0.707. The van der Waals surface area contributed by atoms with Crippen LogP contribution in [0, 0.1) is 5.92 Å². The molecule has 2 rings (SSSR count). The predicted molar refractivity (Wildman–Crippen MR) is 67.1 cm³/mol. The van der Waals surface area contributed by atoms with Crippen LogP contribution in [0.1, 0.15) is 26.7 Å². The number of allylic oxidation sites excluding steroid dienone is 4. The van der Waals surface area contributed by atoms with E-state index in [1.807, 2.05) is 12.3 Å². The van der Waals surface area contributed by atoms with Crippen molar-refractivity contribution in [3.63, 3.8) is 0 Å². The van der Waals surface area contributed by atoms with Gasteiger partial charge in [-0.1, -0.05) is 31.6 Å². The van der Waals surface area contributed by atoms with Crippen LogP contribution in [0.3, 0.4) is 0 Å². The molecule has 0 amide bonds. The summed E-state index contributed by atoms with van der Waals surface area (Å²) >= 11 is 0. The third-order valence-corrected chi connectivity index (χ3v) is 2.96. The highest BCUT2D eigenvalue weighted by molar-refractivity contribution is 5.60. The standard InChI is InChI=1S/C14H17NO/c1-11(2)12-6-5-7-13(10-12)15-9-4-3-8-14(15)16/h3-4,7-11H,5-6H2,1-2H3. The van der Waals surface area contributed by atoms with E-state index in [1.165, 1.54) is 5.57 Å². The number of rotatable bonds is 2. The van der Waals surface area contributed by atoms with Crippen molar-refractivity contribution in [2.24, 2.45) is 5.92 Å². The van der Waals surface area contributed by atoms with Gasteiger partial charge in [-0.3, -0.25) is 9.36 Å². The zero-order chi connectivity index (χ0) is 11.5. The third kappa shape index (κ3) is 2.16. The second kappa shape index (κ2) is 4.52. The fourth-order valence-electron chi connectivity index (χ4n) is 1.97. The van der Waals surface area contributed by atoms with Gasteiger partial charge in [0.25, 0.3) is 5.56 Å². The lowest BCUT2D eigenvalue weighted by Crippen LogP contribution is -2.17. The first kappa shape index (κ1) is 10.9. The monoisotopic (exact) mass is 215 g/mol. The van der Waals surface area contributed by atoms with Crippen molar-refractivity contribution in [2.45, 2.75) is 26.7 Å². The molecular formula is C14H17NO. The summed E-state index contributed by atoms with van der Waals surface area (Å²) in [5.74, 6) is 0.558. The maximum atomic E-state index is 11.7. The van der Waals surface area contributed by atoms with E-state index in [9.17, 15) is 4.79 Å². The van der Waals surface area contributed by atoms with E-state index >= 15 is 0 Å². The molecule has 2 heteroatoms. The third-order valence-electron chi connectivity index (χ3n) is 2.96. The second-order valence-corrected chi connectivity index (χ2v) is 4.45. The highest BCUT2D eigenvalue weighted by atomic mass is 16.1. The fourth-order valence-corrected chi connectivity index (χ4v) is 1.97. The molecule has 0 N–H and O–H groups in total. The minimum atomic E-state index is 0.0370. The zero-order valence-electron chi connectivity index (χ0n) is 9.81. The molecule has 0 saturated carbocycles. The molecule has 1 aliphatic carbocycles. The quantitative estimate of drug-likeness (QED) is 0.743. The Hall–Kier alpha value is -1.57. The first-order chi connectivity index (χ1) is 7.68. The van der Waals surface area contributed by atoms with Gasteiger partial charge in [-0.2, -0.15) is 0 Å². The Kier molecular flexibility index (Phi) is 3.09. The largest absolute Gasteiger partial charge is 0.285 e. The summed E-state index contributed by atoms with van der Waals surface area (Å²) < 4.78 is 1.71. The maximum absolute atomic E-state index is 11.7. The van der Waals surface area contributed by atoms with Gasteiger partial charge in [0.1, 0.15) is 0 Å². The first-order valence-corrected chi connectivity index (χ1v) is 5.77. The van der Waals surface area contributed by atoms with Crippen LogP contribution < -0.4 is 5.56 Å². The van der Waals surface area contributed by atoms with E-state index in [2.05, 4.69) is 26.0 Å². The van der Waals surface area contributed by atoms with Crippen LogP contribution in [0.5, 0.6) is 0 Å². The highest BCUT2D eigenvalue weighted by Crippen LogP contribution is 2.24. The summed E-state index contributed by atoms with van der Waals surface area (Å²) in [5.41, 5.74) is 2.48. The molecule has 1 heterocycles. The van der Waals surface area contributed by atoms with Crippen molar-refractivity contribution in [1.29, 1.82) is 0 Å². The molecule has 0 atom stereocenters. The minimum Gasteiger partial charge on any atom is -0.285 e. The van der Waals surface area contributed by atoms with Gasteiger partial charge in [0.2, 0.25) is 0 Å². The smallest absolute Gasteiger partial charge is 0.255 e. The van der Waals surface area contributed by atoms with Gasteiger partial charge in [-0.05, 0) is 30.9 Å². The lowest BCUT2D eigenvalue weighted by atomic mass is 9.93. The molecule has 2 nitrogen and oxygen atoms in total. The van der Waals surface area contributed by atoms with Crippen LogP contribution in [0.2, 0.25) is 0 Å². The van der Waals surface area contributed by atoms with Gasteiger partial charge < -0.3 is 0 Å². The Morgan fingerprint density at radius 2 is 2.12 bits per heavy atom. The molecule has 0 spiro atoms. The van der Waals surface area contributed by atoms with Gasteiger partial charge in [-0.25, -0.2) is 0 Å². The van der Waals surface area contributed by atoms with Crippen molar-refractivity contribution in [1.82, 2.24) is 4.57 Å². The van der Waals surface area contributed by atoms with Crippen LogP contribution in [0.25, 0.3) is 5.70 Å². The van der Waals surface area contributed by atoms with Crippen molar-refractivity contribution in [2.75, 3.05) is 0 Å². The van der Waals surface area contributed by atoms with Crippen LogP contribution in [-0.4, -0.2) is 4.57 Å². The molecule has 84 valence electrons. The summed E-state index contributed by atoms with van der Waals surface area (Å²) in [4.78, 5) is 11.7.